The van der Waals surface area contributed by atoms with Crippen LogP contribution in [0.15, 0.2) is 84.0 Å². The van der Waals surface area contributed by atoms with E-state index >= 15 is 0 Å². The Hall–Kier alpha value is -3.22. The highest BCUT2D eigenvalue weighted by molar-refractivity contribution is 7.71. The van der Waals surface area contributed by atoms with Crippen molar-refractivity contribution in [3.05, 3.63) is 99.8 Å². The van der Waals surface area contributed by atoms with Crippen molar-refractivity contribution < 1.29 is 4.74 Å². The summed E-state index contributed by atoms with van der Waals surface area (Å²) in [5.41, 5.74) is 2.91. The molecule has 0 aliphatic heterocycles. The van der Waals surface area contributed by atoms with E-state index in [1.54, 1.807) is 23.0 Å². The highest BCUT2D eigenvalue weighted by Gasteiger charge is 2.07. The smallest absolute Gasteiger partial charge is 0.216 e. The van der Waals surface area contributed by atoms with Crippen LogP contribution in [-0.2, 0) is 6.61 Å². The predicted molar refractivity (Wildman–Crippen MR) is 118 cm³/mol. The van der Waals surface area contributed by atoms with Crippen molar-refractivity contribution in [3.8, 4) is 17.1 Å². The Morgan fingerprint density at radius 1 is 1.00 bits per heavy atom. The Kier molecular flexibility index (Phi) is 5.84. The third kappa shape index (κ3) is 4.80. The van der Waals surface area contributed by atoms with Gasteiger partial charge in [-0.15, -0.1) is 0 Å². The first kappa shape index (κ1) is 19.1. The average molecular weight is 421 g/mol. The lowest BCUT2D eigenvalue weighted by Gasteiger charge is -2.06. The van der Waals surface area contributed by atoms with Gasteiger partial charge in [-0.25, -0.2) is 5.10 Å². The van der Waals surface area contributed by atoms with Crippen LogP contribution < -0.4 is 4.74 Å². The molecular weight excluding hydrogens is 404 g/mol. The van der Waals surface area contributed by atoms with Crippen molar-refractivity contribution in [1.29, 1.82) is 0 Å². The van der Waals surface area contributed by atoms with Crippen LogP contribution in [0, 0.1) is 4.77 Å². The van der Waals surface area contributed by atoms with Crippen molar-refractivity contribution >= 4 is 30.0 Å². The average Bonchev–Trinajstić information content (AvgIpc) is 3.13. The summed E-state index contributed by atoms with van der Waals surface area (Å²) in [6, 6.07) is 25.1. The van der Waals surface area contributed by atoms with Crippen LogP contribution in [0.25, 0.3) is 11.4 Å². The summed E-state index contributed by atoms with van der Waals surface area (Å²) in [4.78, 5) is 0. The van der Waals surface area contributed by atoms with Crippen LogP contribution in [0.5, 0.6) is 5.75 Å². The Bertz CT molecular complexity index is 1170. The first-order valence-corrected chi connectivity index (χ1v) is 9.72. The van der Waals surface area contributed by atoms with Crippen LogP contribution in [0.4, 0.5) is 0 Å². The number of rotatable bonds is 6. The summed E-state index contributed by atoms with van der Waals surface area (Å²) in [5, 5.41) is 12.2. The number of hydrogen-bond acceptors (Lipinski definition) is 4. The van der Waals surface area contributed by atoms with Crippen molar-refractivity contribution in [3.63, 3.8) is 0 Å². The van der Waals surface area contributed by atoms with Gasteiger partial charge in [-0.05, 0) is 71.9 Å². The molecule has 1 heterocycles. The van der Waals surface area contributed by atoms with Gasteiger partial charge in [-0.1, -0.05) is 41.9 Å². The summed E-state index contributed by atoms with van der Waals surface area (Å²) < 4.78 is 7.80. The summed E-state index contributed by atoms with van der Waals surface area (Å²) >= 11 is 11.3. The number of aromatic amines is 1. The molecule has 0 fully saturated rings. The molecule has 1 aromatic heterocycles. The molecule has 0 atom stereocenters. The number of hydrogen-bond donors (Lipinski definition) is 1. The second-order valence-corrected chi connectivity index (χ2v) is 7.08. The van der Waals surface area contributed by atoms with Gasteiger partial charge in [0.1, 0.15) is 12.4 Å². The third-order valence-electron chi connectivity index (χ3n) is 4.20. The predicted octanol–water partition coefficient (Wildman–Crippen LogP) is 5.72. The fourth-order valence-electron chi connectivity index (χ4n) is 2.70. The number of aromatic nitrogens is 3. The Morgan fingerprint density at radius 3 is 2.45 bits per heavy atom. The number of H-pyrrole nitrogens is 1. The molecule has 0 saturated carbocycles. The molecule has 0 amide bonds. The summed E-state index contributed by atoms with van der Waals surface area (Å²) in [7, 11) is 0. The van der Waals surface area contributed by atoms with E-state index in [1.165, 1.54) is 0 Å². The zero-order valence-corrected chi connectivity index (χ0v) is 16.9. The van der Waals surface area contributed by atoms with Crippen LogP contribution in [0.1, 0.15) is 11.1 Å². The van der Waals surface area contributed by atoms with Crippen molar-refractivity contribution in [2.75, 3.05) is 0 Å². The molecule has 0 saturated heterocycles. The van der Waals surface area contributed by atoms with Crippen LogP contribution in [-0.4, -0.2) is 21.1 Å². The molecule has 0 bridgehead atoms. The number of ether oxygens (including phenoxy) is 1. The highest BCUT2D eigenvalue weighted by Crippen LogP contribution is 2.20. The van der Waals surface area contributed by atoms with E-state index in [2.05, 4.69) is 15.3 Å². The number of nitrogens with one attached hydrogen (secondary N) is 1. The Labute approximate surface area is 178 Å². The van der Waals surface area contributed by atoms with Gasteiger partial charge in [0.2, 0.25) is 4.77 Å². The number of halogens is 1. The minimum Gasteiger partial charge on any atom is -0.489 e. The molecular formula is C22H17ClN4OS. The van der Waals surface area contributed by atoms with Crippen molar-refractivity contribution in [2.24, 2.45) is 5.10 Å². The van der Waals surface area contributed by atoms with E-state index in [-0.39, 0.29) is 0 Å². The maximum atomic E-state index is 5.96. The topological polar surface area (TPSA) is 55.2 Å². The largest absolute Gasteiger partial charge is 0.489 e. The maximum absolute atomic E-state index is 5.96. The lowest BCUT2D eigenvalue weighted by Crippen LogP contribution is -1.96. The van der Waals surface area contributed by atoms with Gasteiger partial charge in [0.25, 0.3) is 0 Å². The molecule has 29 heavy (non-hydrogen) atoms. The normalized spacial score (nSPS) is 11.1. The molecule has 4 aromatic rings. The molecule has 3 aromatic carbocycles. The molecule has 0 radical (unpaired) electrons. The number of nitrogens with zero attached hydrogens (tertiary/aromatic N) is 3. The van der Waals surface area contributed by atoms with E-state index in [0.717, 1.165) is 22.4 Å². The Morgan fingerprint density at radius 2 is 1.72 bits per heavy atom. The monoisotopic (exact) mass is 420 g/mol. The number of benzene rings is 3. The zero-order valence-electron chi connectivity index (χ0n) is 15.3. The molecule has 0 unspecified atom stereocenters. The fourth-order valence-corrected chi connectivity index (χ4v) is 3.01. The van der Waals surface area contributed by atoms with Crippen molar-refractivity contribution in [2.45, 2.75) is 6.61 Å². The van der Waals surface area contributed by atoms with Gasteiger partial charge in [0, 0.05) is 10.6 Å². The molecule has 5 nitrogen and oxygen atoms in total. The van der Waals surface area contributed by atoms with Gasteiger partial charge >= 0.3 is 0 Å². The molecule has 0 spiro atoms. The maximum Gasteiger partial charge on any atom is 0.216 e. The second kappa shape index (κ2) is 8.86. The first-order chi connectivity index (χ1) is 14.2. The summed E-state index contributed by atoms with van der Waals surface area (Å²) in [6.07, 6.45) is 1.73. The van der Waals surface area contributed by atoms with Gasteiger partial charge in [-0.2, -0.15) is 14.9 Å². The SMILES string of the molecule is S=c1[nH]nc(-c2ccc(Cl)cc2)n1N=Cc1ccc(OCc2ccccc2)cc1. The van der Waals surface area contributed by atoms with Crippen LogP contribution in [0.3, 0.4) is 0 Å². The van der Waals surface area contributed by atoms with E-state index in [9.17, 15) is 0 Å². The minimum atomic E-state index is 0.411. The third-order valence-corrected chi connectivity index (χ3v) is 4.72. The second-order valence-electron chi connectivity index (χ2n) is 6.26. The highest BCUT2D eigenvalue weighted by atomic mass is 35.5. The lowest BCUT2D eigenvalue weighted by molar-refractivity contribution is 0.306. The molecule has 0 aliphatic carbocycles. The van der Waals surface area contributed by atoms with Gasteiger partial charge < -0.3 is 4.74 Å². The van der Waals surface area contributed by atoms with Gasteiger partial charge in [0.15, 0.2) is 5.82 Å². The van der Waals surface area contributed by atoms with Crippen molar-refractivity contribution in [1.82, 2.24) is 14.9 Å². The lowest BCUT2D eigenvalue weighted by atomic mass is 10.2. The van der Waals surface area contributed by atoms with E-state index < -0.39 is 0 Å². The minimum absolute atomic E-state index is 0.411. The fraction of sp³-hybridized carbons (Fsp3) is 0.0455. The standard InChI is InChI=1S/C22H17ClN4OS/c23-19-10-8-18(9-11-19)21-25-26-22(29)27(21)24-14-16-6-12-20(13-7-16)28-15-17-4-2-1-3-5-17/h1-14H,15H2,(H,26,29). The van der Waals surface area contributed by atoms with Crippen LogP contribution >= 0.6 is 23.8 Å². The molecule has 1 N–H and O–H groups in total. The van der Waals surface area contributed by atoms with Crippen LogP contribution in [0.2, 0.25) is 5.02 Å². The molecule has 7 heteroatoms. The van der Waals surface area contributed by atoms with E-state index in [1.807, 2.05) is 66.7 Å². The summed E-state index contributed by atoms with van der Waals surface area (Å²) in [6.45, 7) is 0.531. The zero-order chi connectivity index (χ0) is 20.1. The van der Waals surface area contributed by atoms with Gasteiger partial charge in [0.05, 0.1) is 6.21 Å². The Balaban J connectivity index is 1.48. The molecule has 144 valence electrons. The molecule has 4 rings (SSSR count). The van der Waals surface area contributed by atoms with E-state index in [4.69, 9.17) is 28.6 Å². The quantitative estimate of drug-likeness (QED) is 0.320. The first-order valence-electron chi connectivity index (χ1n) is 8.93. The molecule has 0 aliphatic rings. The van der Waals surface area contributed by atoms with Gasteiger partial charge in [-0.3, -0.25) is 0 Å². The summed E-state index contributed by atoms with van der Waals surface area (Å²) in [5.74, 6) is 1.42. The van der Waals surface area contributed by atoms with E-state index in [0.29, 0.717) is 22.2 Å².